The van der Waals surface area contributed by atoms with E-state index in [-0.39, 0.29) is 6.10 Å². The van der Waals surface area contributed by atoms with Gasteiger partial charge in [0.15, 0.2) is 0 Å². The lowest BCUT2D eigenvalue weighted by Gasteiger charge is -2.30. The van der Waals surface area contributed by atoms with Crippen molar-refractivity contribution in [1.29, 1.82) is 0 Å². The molecule has 18 heavy (non-hydrogen) atoms. The molecule has 4 heteroatoms. The predicted octanol–water partition coefficient (Wildman–Crippen LogP) is 1.48. The molecule has 0 saturated carbocycles. The van der Waals surface area contributed by atoms with Crippen molar-refractivity contribution in [2.45, 2.75) is 19.6 Å². The van der Waals surface area contributed by atoms with E-state index in [0.717, 1.165) is 30.7 Å². The smallest absolute Gasteiger partial charge is 0.150 e. The van der Waals surface area contributed by atoms with Crippen LogP contribution in [0.1, 0.15) is 12.5 Å². The van der Waals surface area contributed by atoms with E-state index in [2.05, 4.69) is 11.0 Å². The van der Waals surface area contributed by atoms with Gasteiger partial charge in [-0.3, -0.25) is 4.90 Å². The molecule has 4 nitrogen and oxygen atoms in total. The highest BCUT2D eigenvalue weighted by molar-refractivity contribution is 5.56. The first-order chi connectivity index (χ1) is 8.83. The van der Waals surface area contributed by atoms with Crippen molar-refractivity contribution in [2.24, 2.45) is 0 Å². The maximum absolute atomic E-state index is 10.8. The van der Waals surface area contributed by atoms with Crippen LogP contribution in [0.25, 0.3) is 0 Å². The minimum Gasteiger partial charge on any atom is -0.494 e. The summed E-state index contributed by atoms with van der Waals surface area (Å²) in [7, 11) is 0. The lowest BCUT2D eigenvalue weighted by molar-refractivity contribution is -0.123. The van der Waals surface area contributed by atoms with E-state index in [9.17, 15) is 4.79 Å². The second-order valence-corrected chi connectivity index (χ2v) is 4.32. The maximum Gasteiger partial charge on any atom is 0.150 e. The molecule has 1 unspecified atom stereocenters. The van der Waals surface area contributed by atoms with E-state index in [1.807, 2.05) is 25.1 Å². The number of benzene rings is 1. The Morgan fingerprint density at radius 1 is 1.50 bits per heavy atom. The van der Waals surface area contributed by atoms with Crippen LogP contribution in [0.3, 0.4) is 0 Å². The zero-order chi connectivity index (χ0) is 12.8. The predicted molar refractivity (Wildman–Crippen MR) is 68.7 cm³/mol. The van der Waals surface area contributed by atoms with Crippen LogP contribution in [-0.2, 0) is 16.1 Å². The molecular formula is C14H19NO3. The quantitative estimate of drug-likeness (QED) is 0.741. The molecule has 1 aromatic carbocycles. The van der Waals surface area contributed by atoms with Gasteiger partial charge in [-0.15, -0.1) is 0 Å². The van der Waals surface area contributed by atoms with E-state index in [1.165, 1.54) is 0 Å². The summed E-state index contributed by atoms with van der Waals surface area (Å²) in [5, 5.41) is 0. The Labute approximate surface area is 107 Å². The Morgan fingerprint density at radius 2 is 2.33 bits per heavy atom. The number of nitrogens with zero attached hydrogens (tertiary/aromatic N) is 1. The maximum atomic E-state index is 10.8. The normalized spacial score (nSPS) is 20.6. The molecule has 0 aliphatic carbocycles. The molecule has 0 N–H and O–H groups in total. The van der Waals surface area contributed by atoms with Gasteiger partial charge < -0.3 is 14.3 Å². The van der Waals surface area contributed by atoms with Crippen molar-refractivity contribution in [3.8, 4) is 5.75 Å². The summed E-state index contributed by atoms with van der Waals surface area (Å²) in [6, 6.07) is 8.03. The molecule has 0 amide bonds. The van der Waals surface area contributed by atoms with Crippen molar-refractivity contribution in [3.63, 3.8) is 0 Å². The fourth-order valence-corrected chi connectivity index (χ4v) is 2.13. The molecule has 98 valence electrons. The molecule has 1 atom stereocenters. The van der Waals surface area contributed by atoms with E-state index in [1.54, 1.807) is 0 Å². The van der Waals surface area contributed by atoms with Crippen LogP contribution in [0.4, 0.5) is 0 Å². The third-order valence-corrected chi connectivity index (χ3v) is 3.00. The molecule has 1 aliphatic rings. The highest BCUT2D eigenvalue weighted by atomic mass is 16.5. The third-order valence-electron chi connectivity index (χ3n) is 3.00. The zero-order valence-electron chi connectivity index (χ0n) is 10.7. The summed E-state index contributed by atoms with van der Waals surface area (Å²) in [6.07, 6.45) is 0.582. The minimum absolute atomic E-state index is 0.294. The number of carbonyl (C=O) groups excluding carboxylic acids is 1. The molecule has 0 aromatic heterocycles. The molecule has 2 rings (SSSR count). The van der Waals surface area contributed by atoms with Crippen LogP contribution in [0, 0.1) is 0 Å². The second kappa shape index (κ2) is 6.52. The highest BCUT2D eigenvalue weighted by Gasteiger charge is 2.20. The lowest BCUT2D eigenvalue weighted by Crippen LogP contribution is -2.42. The number of para-hydroxylation sites is 1. The summed E-state index contributed by atoms with van der Waals surface area (Å²) in [5.74, 6) is 0.925. The first kappa shape index (κ1) is 13.1. The number of carbonyl (C=O) groups is 1. The molecule has 0 spiro atoms. The molecular weight excluding hydrogens is 230 g/mol. The van der Waals surface area contributed by atoms with Crippen molar-refractivity contribution < 1.29 is 14.3 Å². The first-order valence-corrected chi connectivity index (χ1v) is 6.33. The van der Waals surface area contributed by atoms with E-state index < -0.39 is 0 Å². The van der Waals surface area contributed by atoms with Crippen LogP contribution in [0.5, 0.6) is 5.75 Å². The van der Waals surface area contributed by atoms with Crippen LogP contribution in [0.2, 0.25) is 0 Å². The lowest BCUT2D eigenvalue weighted by atomic mass is 10.1. The van der Waals surface area contributed by atoms with Gasteiger partial charge in [0, 0.05) is 25.2 Å². The van der Waals surface area contributed by atoms with Gasteiger partial charge in [-0.1, -0.05) is 18.2 Å². The summed E-state index contributed by atoms with van der Waals surface area (Å²) in [5.41, 5.74) is 1.16. The Hall–Kier alpha value is -1.39. The largest absolute Gasteiger partial charge is 0.494 e. The molecule has 0 bridgehead atoms. The highest BCUT2D eigenvalue weighted by Crippen LogP contribution is 2.20. The molecule has 0 radical (unpaired) electrons. The monoisotopic (exact) mass is 249 g/mol. The molecule has 1 aliphatic heterocycles. The fraction of sp³-hybridized carbons (Fsp3) is 0.500. The number of rotatable bonds is 5. The minimum atomic E-state index is -0.294. The van der Waals surface area contributed by atoms with Gasteiger partial charge >= 0.3 is 0 Å². The summed E-state index contributed by atoms with van der Waals surface area (Å²) in [4.78, 5) is 13.0. The van der Waals surface area contributed by atoms with Crippen LogP contribution in [0.15, 0.2) is 24.3 Å². The molecule has 1 saturated heterocycles. The summed E-state index contributed by atoms with van der Waals surface area (Å²) >= 11 is 0. The molecule has 1 fully saturated rings. The fourth-order valence-electron chi connectivity index (χ4n) is 2.13. The first-order valence-electron chi connectivity index (χ1n) is 6.33. The summed E-state index contributed by atoms with van der Waals surface area (Å²) in [6.45, 7) is 5.56. The van der Waals surface area contributed by atoms with Gasteiger partial charge in [0.2, 0.25) is 0 Å². The summed E-state index contributed by atoms with van der Waals surface area (Å²) < 4.78 is 10.9. The third kappa shape index (κ3) is 3.31. The van der Waals surface area contributed by atoms with E-state index >= 15 is 0 Å². The standard InChI is InChI=1S/C14H19NO3/c1-2-17-14-6-4-3-5-12(14)9-15-7-8-18-13(10-15)11-16/h3-6,11,13H,2,7-10H2,1H3. The van der Waals surface area contributed by atoms with Crippen molar-refractivity contribution in [2.75, 3.05) is 26.3 Å². The van der Waals surface area contributed by atoms with Gasteiger partial charge in [-0.2, -0.15) is 0 Å². The second-order valence-electron chi connectivity index (χ2n) is 4.32. The average Bonchev–Trinajstić information content (AvgIpc) is 2.41. The number of morpholine rings is 1. The van der Waals surface area contributed by atoms with E-state index in [4.69, 9.17) is 9.47 Å². The van der Waals surface area contributed by atoms with Gasteiger partial charge in [0.05, 0.1) is 13.2 Å². The zero-order valence-corrected chi connectivity index (χ0v) is 10.7. The molecule has 1 heterocycles. The Balaban J connectivity index is 2.02. The van der Waals surface area contributed by atoms with Crippen molar-refractivity contribution >= 4 is 6.29 Å². The number of ether oxygens (including phenoxy) is 2. The number of hydrogen-bond acceptors (Lipinski definition) is 4. The van der Waals surface area contributed by atoms with E-state index in [0.29, 0.717) is 19.8 Å². The Morgan fingerprint density at radius 3 is 3.11 bits per heavy atom. The van der Waals surface area contributed by atoms with Crippen LogP contribution in [-0.4, -0.2) is 43.6 Å². The van der Waals surface area contributed by atoms with Gasteiger partial charge in [-0.05, 0) is 13.0 Å². The number of hydrogen-bond donors (Lipinski definition) is 0. The Kier molecular flexibility index (Phi) is 4.73. The van der Waals surface area contributed by atoms with Gasteiger partial charge in [-0.25, -0.2) is 0 Å². The topological polar surface area (TPSA) is 38.8 Å². The molecule has 1 aromatic rings. The van der Waals surface area contributed by atoms with Crippen LogP contribution >= 0.6 is 0 Å². The van der Waals surface area contributed by atoms with Crippen molar-refractivity contribution in [3.05, 3.63) is 29.8 Å². The van der Waals surface area contributed by atoms with Crippen molar-refractivity contribution in [1.82, 2.24) is 4.90 Å². The SMILES string of the molecule is CCOc1ccccc1CN1CCOC(C=O)C1. The van der Waals surface area contributed by atoms with Gasteiger partial charge in [0.1, 0.15) is 18.1 Å². The number of aldehydes is 1. The average molecular weight is 249 g/mol. The van der Waals surface area contributed by atoms with Gasteiger partial charge in [0.25, 0.3) is 0 Å². The Bertz CT molecular complexity index is 394. The van der Waals surface area contributed by atoms with Crippen LogP contribution < -0.4 is 4.74 Å².